The van der Waals surface area contributed by atoms with Gasteiger partial charge in [0.25, 0.3) is 0 Å². The highest BCUT2D eigenvalue weighted by molar-refractivity contribution is 5.50. The maximum atomic E-state index is 9.86. The van der Waals surface area contributed by atoms with Gasteiger partial charge < -0.3 is 9.84 Å². The predicted molar refractivity (Wildman–Crippen MR) is 65.5 cm³/mol. The first kappa shape index (κ1) is 11.7. The fraction of sp³-hybridized carbons (Fsp3) is 0.308. The lowest BCUT2D eigenvalue weighted by Gasteiger charge is -2.15. The van der Waals surface area contributed by atoms with Gasteiger partial charge in [-0.1, -0.05) is 6.07 Å². The van der Waals surface area contributed by atoms with E-state index in [4.69, 9.17) is 4.74 Å². The molecule has 1 aromatic heterocycles. The molecule has 1 heterocycles. The van der Waals surface area contributed by atoms with Crippen LogP contribution in [0, 0.1) is 6.92 Å². The largest absolute Gasteiger partial charge is 0.496 e. The van der Waals surface area contributed by atoms with Crippen LogP contribution in [0.15, 0.2) is 30.6 Å². The summed E-state index contributed by atoms with van der Waals surface area (Å²) in [7, 11) is 1.60. The lowest BCUT2D eigenvalue weighted by atomic mass is 10.1. The summed E-state index contributed by atoms with van der Waals surface area (Å²) in [5.74, 6) is 0.672. The van der Waals surface area contributed by atoms with Crippen LogP contribution < -0.4 is 4.74 Å². The van der Waals surface area contributed by atoms with Gasteiger partial charge >= 0.3 is 0 Å². The Morgan fingerprint density at radius 2 is 2.18 bits per heavy atom. The van der Waals surface area contributed by atoms with E-state index in [1.54, 1.807) is 24.9 Å². The number of rotatable bonds is 3. The molecule has 17 heavy (non-hydrogen) atoms. The summed E-state index contributed by atoms with van der Waals surface area (Å²) in [6, 6.07) is 5.63. The molecule has 2 aromatic rings. The number of benzene rings is 1. The number of aromatic nitrogens is 2. The third-order valence-electron chi connectivity index (χ3n) is 2.64. The average molecular weight is 232 g/mol. The molecular weight excluding hydrogens is 216 g/mol. The Labute approximate surface area is 100 Å². The first-order valence-electron chi connectivity index (χ1n) is 5.50. The van der Waals surface area contributed by atoms with E-state index in [0.717, 1.165) is 16.8 Å². The van der Waals surface area contributed by atoms with Crippen molar-refractivity contribution in [2.75, 3.05) is 7.11 Å². The standard InChI is InChI=1S/C13H16N2O2/c1-9-7-14-15(8-9)11-5-4-6-12(17-3)13(11)10(2)16/h4-8,10,16H,1-3H3/t10-/m1/s1. The minimum absolute atomic E-state index is 0.606. The van der Waals surface area contributed by atoms with E-state index >= 15 is 0 Å². The highest BCUT2D eigenvalue weighted by Crippen LogP contribution is 2.30. The molecule has 0 bridgehead atoms. The highest BCUT2D eigenvalue weighted by atomic mass is 16.5. The Balaban J connectivity index is 2.60. The predicted octanol–water partition coefficient (Wildman–Crippen LogP) is 2.24. The van der Waals surface area contributed by atoms with Crippen molar-refractivity contribution in [3.63, 3.8) is 0 Å². The molecule has 0 saturated heterocycles. The molecule has 4 heteroatoms. The highest BCUT2D eigenvalue weighted by Gasteiger charge is 2.15. The van der Waals surface area contributed by atoms with Crippen LogP contribution in [0.3, 0.4) is 0 Å². The Morgan fingerprint density at radius 1 is 1.41 bits per heavy atom. The van der Waals surface area contributed by atoms with E-state index in [0.29, 0.717) is 5.75 Å². The number of nitrogens with zero attached hydrogens (tertiary/aromatic N) is 2. The number of ether oxygens (including phenoxy) is 1. The third kappa shape index (κ3) is 2.17. The Hall–Kier alpha value is -1.81. The van der Waals surface area contributed by atoms with Gasteiger partial charge in [-0.2, -0.15) is 5.10 Å². The number of aliphatic hydroxyl groups excluding tert-OH is 1. The minimum Gasteiger partial charge on any atom is -0.496 e. The van der Waals surface area contributed by atoms with Gasteiger partial charge in [0.15, 0.2) is 0 Å². The fourth-order valence-corrected chi connectivity index (χ4v) is 1.87. The van der Waals surface area contributed by atoms with E-state index in [-0.39, 0.29) is 0 Å². The van der Waals surface area contributed by atoms with Crippen LogP contribution in [0.5, 0.6) is 5.75 Å². The molecule has 0 amide bonds. The molecule has 0 unspecified atom stereocenters. The zero-order chi connectivity index (χ0) is 12.4. The normalized spacial score (nSPS) is 12.5. The lowest BCUT2D eigenvalue weighted by Crippen LogP contribution is -2.05. The van der Waals surface area contributed by atoms with Crippen LogP contribution in [0.2, 0.25) is 0 Å². The van der Waals surface area contributed by atoms with E-state index in [1.807, 2.05) is 31.3 Å². The number of hydrogen-bond donors (Lipinski definition) is 1. The Kier molecular flexibility index (Phi) is 3.15. The van der Waals surface area contributed by atoms with Crippen LogP contribution in [0.1, 0.15) is 24.2 Å². The van der Waals surface area contributed by atoms with Crippen molar-refractivity contribution in [2.45, 2.75) is 20.0 Å². The van der Waals surface area contributed by atoms with Gasteiger partial charge in [0.1, 0.15) is 5.75 Å². The first-order chi connectivity index (χ1) is 8.13. The van der Waals surface area contributed by atoms with Crippen LogP contribution in [-0.2, 0) is 0 Å². The molecular formula is C13H16N2O2. The van der Waals surface area contributed by atoms with E-state index < -0.39 is 6.10 Å². The number of aliphatic hydroxyl groups is 1. The van der Waals surface area contributed by atoms with Gasteiger partial charge in [0, 0.05) is 11.8 Å². The fourth-order valence-electron chi connectivity index (χ4n) is 1.87. The smallest absolute Gasteiger partial charge is 0.126 e. The van der Waals surface area contributed by atoms with Crippen molar-refractivity contribution in [2.24, 2.45) is 0 Å². The second-order valence-electron chi connectivity index (χ2n) is 4.03. The number of methoxy groups -OCH3 is 1. The number of hydrogen-bond acceptors (Lipinski definition) is 3. The van der Waals surface area contributed by atoms with Gasteiger partial charge in [0.2, 0.25) is 0 Å². The summed E-state index contributed by atoms with van der Waals surface area (Å²) in [6.07, 6.45) is 3.09. The van der Waals surface area contributed by atoms with Crippen LogP contribution in [0.25, 0.3) is 5.69 Å². The molecule has 1 N–H and O–H groups in total. The van der Waals surface area contributed by atoms with Crippen LogP contribution in [-0.4, -0.2) is 22.0 Å². The summed E-state index contributed by atoms with van der Waals surface area (Å²) >= 11 is 0. The summed E-state index contributed by atoms with van der Waals surface area (Å²) < 4.78 is 7.02. The molecule has 0 fully saturated rings. The Morgan fingerprint density at radius 3 is 2.71 bits per heavy atom. The van der Waals surface area contributed by atoms with Crippen molar-refractivity contribution in [1.29, 1.82) is 0 Å². The van der Waals surface area contributed by atoms with E-state index in [2.05, 4.69) is 5.10 Å². The zero-order valence-electron chi connectivity index (χ0n) is 10.2. The summed E-state index contributed by atoms with van der Waals surface area (Å²) in [5, 5.41) is 14.1. The van der Waals surface area contributed by atoms with E-state index in [9.17, 15) is 5.11 Å². The van der Waals surface area contributed by atoms with Gasteiger partial charge in [-0.25, -0.2) is 4.68 Å². The molecule has 1 atom stereocenters. The molecule has 0 radical (unpaired) electrons. The molecule has 2 rings (SSSR count). The molecule has 0 saturated carbocycles. The average Bonchev–Trinajstić information content (AvgIpc) is 2.74. The van der Waals surface area contributed by atoms with Crippen molar-refractivity contribution in [3.8, 4) is 11.4 Å². The van der Waals surface area contributed by atoms with Crippen LogP contribution in [0.4, 0.5) is 0 Å². The lowest BCUT2D eigenvalue weighted by molar-refractivity contribution is 0.194. The van der Waals surface area contributed by atoms with Crippen molar-refractivity contribution >= 4 is 0 Å². The molecule has 1 aromatic carbocycles. The summed E-state index contributed by atoms with van der Waals surface area (Å²) in [5.41, 5.74) is 2.66. The molecule has 0 aliphatic heterocycles. The van der Waals surface area contributed by atoms with Crippen molar-refractivity contribution in [1.82, 2.24) is 9.78 Å². The molecule has 0 aliphatic rings. The molecule has 90 valence electrons. The topological polar surface area (TPSA) is 47.3 Å². The number of aryl methyl sites for hydroxylation is 1. The third-order valence-corrected chi connectivity index (χ3v) is 2.64. The maximum absolute atomic E-state index is 9.86. The summed E-state index contributed by atoms with van der Waals surface area (Å²) in [4.78, 5) is 0. The van der Waals surface area contributed by atoms with Crippen LogP contribution >= 0.6 is 0 Å². The van der Waals surface area contributed by atoms with Gasteiger partial charge in [0.05, 0.1) is 25.1 Å². The maximum Gasteiger partial charge on any atom is 0.126 e. The molecule has 0 aliphatic carbocycles. The summed E-state index contributed by atoms with van der Waals surface area (Å²) in [6.45, 7) is 3.70. The SMILES string of the molecule is COc1cccc(-n2cc(C)cn2)c1[C@@H](C)O. The van der Waals surface area contributed by atoms with Crippen molar-refractivity contribution in [3.05, 3.63) is 41.7 Å². The van der Waals surface area contributed by atoms with Crippen molar-refractivity contribution < 1.29 is 9.84 Å². The monoisotopic (exact) mass is 232 g/mol. The molecule has 0 spiro atoms. The zero-order valence-corrected chi connectivity index (χ0v) is 10.2. The first-order valence-corrected chi connectivity index (χ1v) is 5.50. The minimum atomic E-state index is -0.606. The van der Waals surface area contributed by atoms with Gasteiger partial charge in [-0.3, -0.25) is 0 Å². The molecule has 4 nitrogen and oxygen atoms in total. The Bertz CT molecular complexity index is 518. The van der Waals surface area contributed by atoms with E-state index in [1.165, 1.54) is 0 Å². The second kappa shape index (κ2) is 4.59. The van der Waals surface area contributed by atoms with Gasteiger partial charge in [-0.15, -0.1) is 0 Å². The second-order valence-corrected chi connectivity index (χ2v) is 4.03. The quantitative estimate of drug-likeness (QED) is 0.882. The van der Waals surface area contributed by atoms with Gasteiger partial charge in [-0.05, 0) is 31.5 Å².